The van der Waals surface area contributed by atoms with Crippen molar-refractivity contribution in [1.82, 2.24) is 4.90 Å². The minimum Gasteiger partial charge on any atom is -0.366 e. The lowest BCUT2D eigenvalue weighted by Crippen LogP contribution is -2.42. The summed E-state index contributed by atoms with van der Waals surface area (Å²) in [5.74, 6) is 0.290. The van der Waals surface area contributed by atoms with E-state index in [1.54, 1.807) is 18.0 Å². The van der Waals surface area contributed by atoms with Crippen LogP contribution in [-0.4, -0.2) is 36.4 Å². The molecular weight excluding hydrogens is 483 g/mol. The van der Waals surface area contributed by atoms with Crippen molar-refractivity contribution in [1.29, 1.82) is 0 Å². The Hall–Kier alpha value is -0.770. The Balaban J connectivity index is 0.00000243. The smallest absolute Gasteiger partial charge is 0.262 e. The fourth-order valence-electron chi connectivity index (χ4n) is 2.45. The summed E-state index contributed by atoms with van der Waals surface area (Å²) in [4.78, 5) is 5.91. The van der Waals surface area contributed by atoms with Crippen LogP contribution in [0.1, 0.15) is 5.56 Å². The van der Waals surface area contributed by atoms with Crippen LogP contribution in [-0.2, 0) is 14.8 Å². The molecule has 10 heteroatoms. The van der Waals surface area contributed by atoms with Crippen molar-refractivity contribution >= 4 is 70.9 Å². The highest BCUT2D eigenvalue weighted by atomic mass is 79.9. The molecule has 1 atom stereocenters. The highest BCUT2D eigenvalue weighted by Crippen LogP contribution is 2.40. The van der Waals surface area contributed by atoms with Gasteiger partial charge in [-0.15, -0.1) is 17.0 Å². The molecule has 1 heterocycles. The van der Waals surface area contributed by atoms with Gasteiger partial charge in [-0.2, -0.15) is 0 Å². The molecule has 1 saturated heterocycles. The summed E-state index contributed by atoms with van der Waals surface area (Å²) >= 11 is 7.29. The highest BCUT2D eigenvalue weighted by molar-refractivity contribution is 8.93. The summed E-state index contributed by atoms with van der Waals surface area (Å²) in [5.41, 5.74) is -0.273. The third-order valence-corrected chi connectivity index (χ3v) is 6.86. The van der Waals surface area contributed by atoms with Crippen LogP contribution in [0.25, 0.3) is 0 Å². The number of amidine groups is 1. The van der Waals surface area contributed by atoms with E-state index in [1.807, 2.05) is 30.3 Å². The third kappa shape index (κ3) is 4.21. The molecule has 1 aliphatic heterocycles. The predicted molar refractivity (Wildman–Crippen MR) is 112 cm³/mol. The topological polar surface area (TPSA) is 70.0 Å². The molecule has 1 unspecified atom stereocenters. The number of nitrogens with zero attached hydrogens (tertiary/aromatic N) is 2. The molecule has 2 aromatic rings. The lowest BCUT2D eigenvalue weighted by molar-refractivity contribution is -0.0349. The molecule has 1 aliphatic rings. The van der Waals surface area contributed by atoms with Crippen molar-refractivity contribution < 1.29 is 13.5 Å². The van der Waals surface area contributed by atoms with Gasteiger partial charge in [-0.3, -0.25) is 0 Å². The second-order valence-electron chi connectivity index (χ2n) is 5.48. The van der Waals surface area contributed by atoms with Gasteiger partial charge in [-0.1, -0.05) is 47.6 Å². The SMILES string of the molecule is Br.CN1/C(=N\c2ccccc2)SCC1(O)c1ccc(Cl)c(S(=O)(=O)Cl)c1. The van der Waals surface area contributed by atoms with Gasteiger partial charge in [-0.25, -0.2) is 13.4 Å². The van der Waals surface area contributed by atoms with Gasteiger partial charge in [0, 0.05) is 23.3 Å². The Kier molecular flexibility index (Phi) is 6.69. The van der Waals surface area contributed by atoms with Crippen LogP contribution in [0.3, 0.4) is 0 Å². The minimum atomic E-state index is -4.02. The molecule has 0 amide bonds. The normalized spacial score (nSPS) is 21.7. The van der Waals surface area contributed by atoms with Crippen LogP contribution in [0.15, 0.2) is 58.4 Å². The zero-order chi connectivity index (χ0) is 18.2. The summed E-state index contributed by atoms with van der Waals surface area (Å²) < 4.78 is 23.3. The number of para-hydroxylation sites is 1. The summed E-state index contributed by atoms with van der Waals surface area (Å²) in [6.45, 7) is 0. The molecule has 0 aromatic heterocycles. The van der Waals surface area contributed by atoms with Crippen LogP contribution in [0.5, 0.6) is 0 Å². The Morgan fingerprint density at radius 1 is 1.23 bits per heavy atom. The molecule has 0 saturated carbocycles. The van der Waals surface area contributed by atoms with Gasteiger partial charge in [-0.05, 0) is 24.3 Å². The quantitative estimate of drug-likeness (QED) is 0.638. The molecule has 1 fully saturated rings. The monoisotopic (exact) mass is 496 g/mol. The Labute approximate surface area is 176 Å². The number of hydrogen-bond donors (Lipinski definition) is 1. The Morgan fingerprint density at radius 2 is 1.88 bits per heavy atom. The first-order chi connectivity index (χ1) is 11.7. The largest absolute Gasteiger partial charge is 0.366 e. The molecule has 1 N–H and O–H groups in total. The molecular formula is C16H15BrCl2N2O3S2. The van der Waals surface area contributed by atoms with E-state index in [0.717, 1.165) is 5.69 Å². The van der Waals surface area contributed by atoms with E-state index in [1.165, 1.54) is 23.9 Å². The average Bonchev–Trinajstić information content (AvgIpc) is 2.85. The fraction of sp³-hybridized carbons (Fsp3) is 0.188. The molecule has 0 radical (unpaired) electrons. The standard InChI is InChI=1S/C16H14Cl2N2O3S2.BrH/c1-20-15(19-12-5-3-2-4-6-12)24-10-16(20,21)11-7-8-13(17)14(9-11)25(18,22)23;/h2-9,21H,10H2,1H3;1H/b19-15+;. The summed E-state index contributed by atoms with van der Waals surface area (Å²) in [7, 11) is 3.11. The van der Waals surface area contributed by atoms with Crippen LogP contribution < -0.4 is 0 Å². The van der Waals surface area contributed by atoms with Crippen LogP contribution in [0, 0.1) is 0 Å². The van der Waals surface area contributed by atoms with Gasteiger partial charge in [0.2, 0.25) is 0 Å². The Morgan fingerprint density at radius 3 is 2.50 bits per heavy atom. The minimum absolute atomic E-state index is 0. The number of aliphatic imine (C=N–C) groups is 1. The van der Waals surface area contributed by atoms with Gasteiger partial charge in [0.05, 0.1) is 16.5 Å². The number of aliphatic hydroxyl groups is 1. The highest BCUT2D eigenvalue weighted by Gasteiger charge is 2.43. The maximum Gasteiger partial charge on any atom is 0.262 e. The molecule has 26 heavy (non-hydrogen) atoms. The number of rotatable bonds is 3. The van der Waals surface area contributed by atoms with Crippen LogP contribution in [0.2, 0.25) is 5.02 Å². The average molecular weight is 498 g/mol. The second-order valence-corrected chi connectivity index (χ2v) is 9.36. The van der Waals surface area contributed by atoms with Gasteiger partial charge >= 0.3 is 0 Å². The lowest BCUT2D eigenvalue weighted by atomic mass is 10.0. The number of hydrogen-bond acceptors (Lipinski definition) is 5. The molecule has 0 bridgehead atoms. The van der Waals surface area contributed by atoms with E-state index in [0.29, 0.717) is 16.5 Å². The van der Waals surface area contributed by atoms with E-state index < -0.39 is 14.8 Å². The number of benzene rings is 2. The van der Waals surface area contributed by atoms with Crippen molar-refractivity contribution in [3.8, 4) is 0 Å². The molecule has 5 nitrogen and oxygen atoms in total. The number of halogens is 3. The van der Waals surface area contributed by atoms with Crippen molar-refractivity contribution in [3.63, 3.8) is 0 Å². The van der Waals surface area contributed by atoms with Gasteiger partial charge in [0.25, 0.3) is 9.05 Å². The Bertz CT molecular complexity index is 942. The first-order valence-corrected chi connectivity index (χ1v) is 10.9. The third-order valence-electron chi connectivity index (χ3n) is 3.88. The van der Waals surface area contributed by atoms with Gasteiger partial charge in [0.1, 0.15) is 4.90 Å². The van der Waals surface area contributed by atoms with Crippen LogP contribution >= 0.6 is 51.0 Å². The molecule has 2 aromatic carbocycles. The van der Waals surface area contributed by atoms with Crippen molar-refractivity contribution in [2.75, 3.05) is 12.8 Å². The maximum absolute atomic E-state index is 11.7. The first kappa shape index (κ1) is 21.5. The van der Waals surface area contributed by atoms with E-state index >= 15 is 0 Å². The zero-order valence-corrected chi connectivity index (χ0v) is 18.3. The van der Waals surface area contributed by atoms with E-state index in [-0.39, 0.29) is 26.9 Å². The molecule has 140 valence electrons. The molecule has 0 aliphatic carbocycles. The fourth-order valence-corrected chi connectivity index (χ4v) is 5.15. The van der Waals surface area contributed by atoms with Crippen molar-refractivity contribution in [2.45, 2.75) is 10.6 Å². The van der Waals surface area contributed by atoms with E-state index in [4.69, 9.17) is 22.3 Å². The molecule has 3 rings (SSSR count). The van der Waals surface area contributed by atoms with Crippen molar-refractivity contribution in [3.05, 3.63) is 59.1 Å². The predicted octanol–water partition coefficient (Wildman–Crippen LogP) is 4.36. The maximum atomic E-state index is 11.7. The number of thioether (sulfide) groups is 1. The summed E-state index contributed by atoms with van der Waals surface area (Å²) in [6, 6.07) is 13.7. The van der Waals surface area contributed by atoms with Crippen LogP contribution in [0.4, 0.5) is 5.69 Å². The van der Waals surface area contributed by atoms with Gasteiger partial charge < -0.3 is 10.0 Å². The van der Waals surface area contributed by atoms with E-state index in [2.05, 4.69) is 4.99 Å². The zero-order valence-electron chi connectivity index (χ0n) is 13.5. The molecule has 0 spiro atoms. The summed E-state index contributed by atoms with van der Waals surface area (Å²) in [6.07, 6.45) is 0. The summed E-state index contributed by atoms with van der Waals surface area (Å²) in [5, 5.41) is 11.7. The first-order valence-electron chi connectivity index (χ1n) is 7.19. The second kappa shape index (κ2) is 8.08. The van der Waals surface area contributed by atoms with Crippen molar-refractivity contribution in [2.24, 2.45) is 4.99 Å². The van der Waals surface area contributed by atoms with E-state index in [9.17, 15) is 13.5 Å². The van der Waals surface area contributed by atoms with Gasteiger partial charge in [0.15, 0.2) is 10.9 Å². The lowest BCUT2D eigenvalue weighted by Gasteiger charge is -2.31.